The van der Waals surface area contributed by atoms with Gasteiger partial charge in [0.15, 0.2) is 0 Å². The third-order valence-electron chi connectivity index (χ3n) is 4.30. The molecule has 0 spiro atoms. The van der Waals surface area contributed by atoms with Gasteiger partial charge in [0.1, 0.15) is 6.04 Å². The second kappa shape index (κ2) is 7.01. The summed E-state index contributed by atoms with van der Waals surface area (Å²) in [7, 11) is 0. The van der Waals surface area contributed by atoms with E-state index >= 15 is 0 Å². The smallest absolute Gasteiger partial charge is 0.245 e. The second-order valence-corrected chi connectivity index (χ2v) is 6.24. The SMILES string of the molecule is CC(=O)NC(C)C(=O)N1CC(OCc2cccc3ccccc23)C1. The average molecular weight is 326 g/mol. The summed E-state index contributed by atoms with van der Waals surface area (Å²) in [5.74, 6) is -0.254. The summed E-state index contributed by atoms with van der Waals surface area (Å²) in [5, 5.41) is 5.02. The highest BCUT2D eigenvalue weighted by molar-refractivity contribution is 5.87. The van der Waals surface area contributed by atoms with Crippen molar-refractivity contribution < 1.29 is 14.3 Å². The quantitative estimate of drug-likeness (QED) is 0.915. The third-order valence-corrected chi connectivity index (χ3v) is 4.30. The molecule has 1 fully saturated rings. The van der Waals surface area contributed by atoms with E-state index in [-0.39, 0.29) is 17.9 Å². The van der Waals surface area contributed by atoms with Crippen molar-refractivity contribution in [3.05, 3.63) is 48.0 Å². The van der Waals surface area contributed by atoms with Gasteiger partial charge in [0.05, 0.1) is 12.7 Å². The van der Waals surface area contributed by atoms with Gasteiger partial charge in [0.2, 0.25) is 11.8 Å². The lowest BCUT2D eigenvalue weighted by Crippen LogP contribution is -2.59. The lowest BCUT2D eigenvalue weighted by molar-refractivity contribution is -0.148. The van der Waals surface area contributed by atoms with E-state index in [9.17, 15) is 9.59 Å². The maximum Gasteiger partial charge on any atom is 0.245 e. The Balaban J connectivity index is 1.51. The van der Waals surface area contributed by atoms with Crippen LogP contribution >= 0.6 is 0 Å². The fourth-order valence-corrected chi connectivity index (χ4v) is 2.99. The van der Waals surface area contributed by atoms with Gasteiger partial charge in [-0.3, -0.25) is 9.59 Å². The monoisotopic (exact) mass is 326 g/mol. The molecule has 2 aromatic carbocycles. The van der Waals surface area contributed by atoms with Crippen molar-refractivity contribution in [2.75, 3.05) is 13.1 Å². The molecule has 1 aliphatic heterocycles. The number of likely N-dealkylation sites (tertiary alicyclic amines) is 1. The van der Waals surface area contributed by atoms with Crippen molar-refractivity contribution >= 4 is 22.6 Å². The van der Waals surface area contributed by atoms with Crippen molar-refractivity contribution in [1.82, 2.24) is 10.2 Å². The summed E-state index contributed by atoms with van der Waals surface area (Å²) in [6.45, 7) is 4.81. The molecule has 1 aliphatic rings. The molecule has 24 heavy (non-hydrogen) atoms. The van der Waals surface area contributed by atoms with Crippen LogP contribution in [0, 0.1) is 0 Å². The maximum atomic E-state index is 12.1. The molecule has 126 valence electrons. The predicted molar refractivity (Wildman–Crippen MR) is 92.4 cm³/mol. The third kappa shape index (κ3) is 3.57. The van der Waals surface area contributed by atoms with Crippen LogP contribution in [-0.4, -0.2) is 41.9 Å². The van der Waals surface area contributed by atoms with E-state index in [2.05, 4.69) is 29.6 Å². The van der Waals surface area contributed by atoms with Crippen LogP contribution in [0.25, 0.3) is 10.8 Å². The van der Waals surface area contributed by atoms with Gasteiger partial charge in [-0.25, -0.2) is 0 Å². The molecule has 3 rings (SSSR count). The number of carbonyl (C=O) groups excluding carboxylic acids is 2. The lowest BCUT2D eigenvalue weighted by atomic mass is 10.0. The van der Waals surface area contributed by atoms with E-state index in [0.717, 1.165) is 5.56 Å². The molecule has 5 nitrogen and oxygen atoms in total. The van der Waals surface area contributed by atoms with E-state index in [0.29, 0.717) is 19.7 Å². The van der Waals surface area contributed by atoms with Gasteiger partial charge in [-0.05, 0) is 23.3 Å². The number of fused-ring (bicyclic) bond motifs is 1. The van der Waals surface area contributed by atoms with Crippen LogP contribution in [0.15, 0.2) is 42.5 Å². The molecule has 2 amide bonds. The van der Waals surface area contributed by atoms with Crippen molar-refractivity contribution in [2.24, 2.45) is 0 Å². The minimum absolute atomic E-state index is 0.0532. The zero-order valence-electron chi connectivity index (χ0n) is 14.0. The minimum atomic E-state index is -0.485. The number of hydrogen-bond acceptors (Lipinski definition) is 3. The number of amides is 2. The van der Waals surface area contributed by atoms with Gasteiger partial charge in [-0.1, -0.05) is 42.5 Å². The van der Waals surface area contributed by atoms with Crippen LogP contribution in [-0.2, 0) is 20.9 Å². The molecule has 1 unspecified atom stereocenters. The zero-order chi connectivity index (χ0) is 17.1. The fourth-order valence-electron chi connectivity index (χ4n) is 2.99. The Hall–Kier alpha value is -2.40. The van der Waals surface area contributed by atoms with Crippen LogP contribution < -0.4 is 5.32 Å². The summed E-state index contributed by atoms with van der Waals surface area (Å²) >= 11 is 0. The van der Waals surface area contributed by atoms with Crippen molar-refractivity contribution in [3.63, 3.8) is 0 Å². The molecule has 0 aliphatic carbocycles. The largest absolute Gasteiger partial charge is 0.370 e. The van der Waals surface area contributed by atoms with Crippen LogP contribution in [0.1, 0.15) is 19.4 Å². The van der Waals surface area contributed by atoms with E-state index in [1.54, 1.807) is 11.8 Å². The summed E-state index contributed by atoms with van der Waals surface area (Å²) in [4.78, 5) is 24.8. The Labute approximate surface area is 141 Å². The van der Waals surface area contributed by atoms with Gasteiger partial charge in [-0.2, -0.15) is 0 Å². The normalized spacial score (nSPS) is 15.8. The van der Waals surface area contributed by atoms with Gasteiger partial charge in [0.25, 0.3) is 0 Å². The first-order chi connectivity index (χ1) is 11.5. The number of nitrogens with zero attached hydrogens (tertiary/aromatic N) is 1. The highest BCUT2D eigenvalue weighted by Crippen LogP contribution is 2.21. The van der Waals surface area contributed by atoms with Gasteiger partial charge in [0, 0.05) is 20.0 Å². The number of carbonyl (C=O) groups is 2. The van der Waals surface area contributed by atoms with Crippen molar-refractivity contribution in [3.8, 4) is 0 Å². The Bertz CT molecular complexity index is 748. The Kier molecular flexibility index (Phi) is 4.81. The molecule has 1 heterocycles. The second-order valence-electron chi connectivity index (χ2n) is 6.24. The molecule has 1 N–H and O–H groups in total. The van der Waals surface area contributed by atoms with Crippen molar-refractivity contribution in [1.29, 1.82) is 0 Å². The van der Waals surface area contributed by atoms with Crippen LogP contribution in [0.2, 0.25) is 0 Å². The van der Waals surface area contributed by atoms with E-state index in [1.807, 2.05) is 18.2 Å². The molecule has 0 saturated carbocycles. The fraction of sp³-hybridized carbons (Fsp3) is 0.368. The van der Waals surface area contributed by atoms with Gasteiger partial charge in [-0.15, -0.1) is 0 Å². The summed E-state index contributed by atoms with van der Waals surface area (Å²) in [5.41, 5.74) is 1.16. The minimum Gasteiger partial charge on any atom is -0.370 e. The number of rotatable bonds is 5. The molecule has 5 heteroatoms. The maximum absolute atomic E-state index is 12.1. The number of benzene rings is 2. The first-order valence-corrected chi connectivity index (χ1v) is 8.18. The van der Waals surface area contributed by atoms with Crippen LogP contribution in [0.5, 0.6) is 0 Å². The Morgan fingerprint density at radius 2 is 1.92 bits per heavy atom. The Morgan fingerprint density at radius 3 is 2.67 bits per heavy atom. The number of hydrogen-bond donors (Lipinski definition) is 1. The molecule has 2 aromatic rings. The first kappa shape index (κ1) is 16.5. The predicted octanol–water partition coefficient (Wildman–Crippen LogP) is 2.09. The van der Waals surface area contributed by atoms with E-state index in [4.69, 9.17) is 4.74 Å². The topological polar surface area (TPSA) is 58.6 Å². The van der Waals surface area contributed by atoms with Crippen LogP contribution in [0.3, 0.4) is 0 Å². The first-order valence-electron chi connectivity index (χ1n) is 8.18. The molecular weight excluding hydrogens is 304 g/mol. The number of nitrogens with one attached hydrogen (secondary N) is 1. The molecule has 0 bridgehead atoms. The Morgan fingerprint density at radius 1 is 1.21 bits per heavy atom. The molecule has 0 radical (unpaired) electrons. The zero-order valence-corrected chi connectivity index (χ0v) is 14.0. The standard InChI is InChI=1S/C19H22N2O3/c1-13(20-14(2)22)19(23)21-10-17(11-21)24-12-16-8-5-7-15-6-3-4-9-18(15)16/h3-9,13,17H,10-12H2,1-2H3,(H,20,22). The summed E-state index contributed by atoms with van der Waals surface area (Å²) in [6, 6.07) is 14.0. The molecule has 1 saturated heterocycles. The number of ether oxygens (including phenoxy) is 1. The van der Waals surface area contributed by atoms with Gasteiger partial charge >= 0.3 is 0 Å². The van der Waals surface area contributed by atoms with Crippen LogP contribution in [0.4, 0.5) is 0 Å². The molecule has 0 aromatic heterocycles. The van der Waals surface area contributed by atoms with Gasteiger partial charge < -0.3 is 15.0 Å². The molecular formula is C19H22N2O3. The van der Waals surface area contributed by atoms with Crippen molar-refractivity contribution in [2.45, 2.75) is 32.6 Å². The summed E-state index contributed by atoms with van der Waals surface area (Å²) < 4.78 is 5.93. The van der Waals surface area contributed by atoms with E-state index in [1.165, 1.54) is 17.7 Å². The lowest BCUT2D eigenvalue weighted by Gasteiger charge is -2.40. The average Bonchev–Trinajstić information content (AvgIpc) is 2.52. The molecule has 1 atom stereocenters. The highest BCUT2D eigenvalue weighted by atomic mass is 16.5. The highest BCUT2D eigenvalue weighted by Gasteiger charge is 2.33. The summed E-state index contributed by atoms with van der Waals surface area (Å²) in [6.07, 6.45) is 0.0532. The van der Waals surface area contributed by atoms with E-state index < -0.39 is 6.04 Å².